The number of carbonyl (C=O) groups excluding carboxylic acids is 1. The number of halogens is 3. The van der Waals surface area contributed by atoms with E-state index in [2.05, 4.69) is 6.07 Å². The fourth-order valence-corrected chi connectivity index (χ4v) is 2.94. The van der Waals surface area contributed by atoms with E-state index in [4.69, 9.17) is 5.26 Å². The molecule has 1 saturated heterocycles. The molecular weight excluding hydrogens is 391 g/mol. The molecule has 0 aliphatic carbocycles. The Balaban J connectivity index is 2.07. The summed E-state index contributed by atoms with van der Waals surface area (Å²) in [6, 6.07) is 4.55. The summed E-state index contributed by atoms with van der Waals surface area (Å²) in [5.41, 5.74) is -2.49. The Hall–Kier alpha value is -2.87. The molecule has 1 aliphatic rings. The Labute approximate surface area is 166 Å². The topological polar surface area (TPSA) is 93.7 Å². The summed E-state index contributed by atoms with van der Waals surface area (Å²) >= 11 is 0. The fraction of sp³-hybridized carbons (Fsp3) is 0.556. The molecule has 8 nitrogen and oxygen atoms in total. The number of hydrogen-bond donors (Lipinski definition) is 0. The van der Waals surface area contributed by atoms with Crippen LogP contribution in [0.5, 0.6) is 0 Å². The van der Waals surface area contributed by atoms with Crippen LogP contribution in [0.1, 0.15) is 19.4 Å². The van der Waals surface area contributed by atoms with Crippen molar-refractivity contribution in [1.82, 2.24) is 9.80 Å². The molecule has 11 heteroatoms. The Morgan fingerprint density at radius 3 is 2.34 bits per heavy atom. The number of likely N-dealkylation sites (N-methyl/N-ethyl adjacent to an activating group) is 1. The molecule has 29 heavy (non-hydrogen) atoms. The molecule has 1 amide bonds. The van der Waals surface area contributed by atoms with Crippen molar-refractivity contribution in [2.75, 3.05) is 44.7 Å². The van der Waals surface area contributed by atoms with E-state index in [1.54, 1.807) is 25.8 Å². The number of rotatable bonds is 5. The summed E-state index contributed by atoms with van der Waals surface area (Å²) in [5, 5.41) is 20.4. The summed E-state index contributed by atoms with van der Waals surface area (Å²) < 4.78 is 38.6. The first kappa shape index (κ1) is 22.4. The monoisotopic (exact) mass is 413 g/mol. The number of nitro benzene ring substituents is 1. The molecule has 0 saturated carbocycles. The molecule has 1 aromatic carbocycles. The highest BCUT2D eigenvalue weighted by Gasteiger charge is 2.34. The molecule has 1 aromatic rings. The summed E-state index contributed by atoms with van der Waals surface area (Å²) in [4.78, 5) is 27.7. The minimum atomic E-state index is -4.66. The van der Waals surface area contributed by atoms with Crippen LogP contribution >= 0.6 is 0 Å². The van der Waals surface area contributed by atoms with Crippen LogP contribution in [-0.4, -0.2) is 65.9 Å². The first-order chi connectivity index (χ1) is 13.4. The molecule has 1 fully saturated rings. The van der Waals surface area contributed by atoms with Gasteiger partial charge in [-0.15, -0.1) is 0 Å². The summed E-state index contributed by atoms with van der Waals surface area (Å²) in [6.45, 7) is 4.81. The number of carbonyl (C=O) groups is 1. The lowest BCUT2D eigenvalue weighted by Gasteiger charge is -2.37. The van der Waals surface area contributed by atoms with E-state index in [9.17, 15) is 28.1 Å². The molecule has 2 rings (SSSR count). The van der Waals surface area contributed by atoms with Gasteiger partial charge in [0, 0.05) is 39.3 Å². The standard InChI is InChI=1S/C18H22F3N5O3/c1-17(2,12-22)23(3)16(27)11-24-6-8-25(9-7-24)14-5-4-13(18(19,20)21)10-15(14)26(28)29/h4-5,10H,6-9,11H2,1-3H3. The van der Waals surface area contributed by atoms with Crippen LogP contribution in [0, 0.1) is 21.4 Å². The van der Waals surface area contributed by atoms with Crippen molar-refractivity contribution in [3.8, 4) is 6.07 Å². The number of nitriles is 1. The van der Waals surface area contributed by atoms with Crippen molar-refractivity contribution in [2.24, 2.45) is 0 Å². The second kappa shape index (κ2) is 8.24. The highest BCUT2D eigenvalue weighted by atomic mass is 19.4. The van der Waals surface area contributed by atoms with Gasteiger partial charge < -0.3 is 9.80 Å². The molecule has 0 radical (unpaired) electrons. The maximum absolute atomic E-state index is 12.9. The number of amides is 1. The minimum absolute atomic E-state index is 0.0879. The number of alkyl halides is 3. The SMILES string of the molecule is CN(C(=O)CN1CCN(c2ccc(C(F)(F)F)cc2[N+](=O)[O-])CC1)C(C)(C)C#N. The van der Waals surface area contributed by atoms with Crippen molar-refractivity contribution in [2.45, 2.75) is 25.6 Å². The largest absolute Gasteiger partial charge is 0.416 e. The smallest absolute Gasteiger partial charge is 0.363 e. The van der Waals surface area contributed by atoms with Crippen molar-refractivity contribution in [1.29, 1.82) is 5.26 Å². The van der Waals surface area contributed by atoms with Gasteiger partial charge in [0.05, 0.1) is 23.1 Å². The summed E-state index contributed by atoms with van der Waals surface area (Å²) in [6.07, 6.45) is -4.66. The van der Waals surface area contributed by atoms with Gasteiger partial charge >= 0.3 is 6.18 Å². The maximum Gasteiger partial charge on any atom is 0.416 e. The lowest BCUT2D eigenvalue weighted by molar-refractivity contribution is -0.384. The minimum Gasteiger partial charge on any atom is -0.363 e. The molecule has 158 valence electrons. The van der Waals surface area contributed by atoms with Gasteiger partial charge in [0.25, 0.3) is 5.69 Å². The molecule has 0 spiro atoms. The highest BCUT2D eigenvalue weighted by molar-refractivity contribution is 5.79. The van der Waals surface area contributed by atoms with E-state index in [1.165, 1.54) is 4.90 Å². The second-order valence-electron chi connectivity index (χ2n) is 7.35. The number of nitrogens with zero attached hydrogens (tertiary/aromatic N) is 5. The molecule has 0 N–H and O–H groups in total. The van der Waals surface area contributed by atoms with Crippen LogP contribution in [0.2, 0.25) is 0 Å². The fourth-order valence-electron chi connectivity index (χ4n) is 2.94. The van der Waals surface area contributed by atoms with Gasteiger partial charge in [-0.05, 0) is 26.0 Å². The molecule has 0 atom stereocenters. The number of piperazine rings is 1. The summed E-state index contributed by atoms with van der Waals surface area (Å²) in [5.74, 6) is -0.231. The van der Waals surface area contributed by atoms with E-state index in [-0.39, 0.29) is 18.1 Å². The highest BCUT2D eigenvalue weighted by Crippen LogP contribution is 2.36. The van der Waals surface area contributed by atoms with Crippen molar-refractivity contribution < 1.29 is 22.9 Å². The van der Waals surface area contributed by atoms with E-state index >= 15 is 0 Å². The van der Waals surface area contributed by atoms with Gasteiger partial charge in [0.15, 0.2) is 0 Å². The molecule has 0 aromatic heterocycles. The van der Waals surface area contributed by atoms with Crippen LogP contribution in [0.4, 0.5) is 24.5 Å². The van der Waals surface area contributed by atoms with Gasteiger partial charge in [-0.2, -0.15) is 18.4 Å². The third-order valence-corrected chi connectivity index (χ3v) is 5.06. The molecule has 1 heterocycles. The van der Waals surface area contributed by atoms with Crippen LogP contribution in [0.15, 0.2) is 18.2 Å². The van der Waals surface area contributed by atoms with Crippen LogP contribution in [-0.2, 0) is 11.0 Å². The van der Waals surface area contributed by atoms with E-state index in [0.717, 1.165) is 12.1 Å². The van der Waals surface area contributed by atoms with Gasteiger partial charge in [-0.3, -0.25) is 19.8 Å². The molecule has 0 bridgehead atoms. The second-order valence-corrected chi connectivity index (χ2v) is 7.35. The average Bonchev–Trinajstić information content (AvgIpc) is 2.66. The Kier molecular flexibility index (Phi) is 6.37. The lowest BCUT2D eigenvalue weighted by atomic mass is 10.1. The Morgan fingerprint density at radius 1 is 1.28 bits per heavy atom. The van der Waals surface area contributed by atoms with Crippen LogP contribution in [0.25, 0.3) is 0 Å². The predicted octanol–water partition coefficient (Wildman–Crippen LogP) is 2.50. The zero-order valence-electron chi connectivity index (χ0n) is 16.4. The van der Waals surface area contributed by atoms with Gasteiger partial charge in [-0.25, -0.2) is 0 Å². The molecule has 0 unspecified atom stereocenters. The molecule has 1 aliphatic heterocycles. The van der Waals surface area contributed by atoms with Crippen LogP contribution in [0.3, 0.4) is 0 Å². The maximum atomic E-state index is 12.9. The van der Waals surface area contributed by atoms with E-state index in [0.29, 0.717) is 32.2 Å². The van der Waals surface area contributed by atoms with Gasteiger partial charge in [0.2, 0.25) is 5.91 Å². The van der Waals surface area contributed by atoms with Crippen molar-refractivity contribution in [3.05, 3.63) is 33.9 Å². The number of anilines is 1. The first-order valence-corrected chi connectivity index (χ1v) is 8.87. The number of nitro groups is 1. The first-order valence-electron chi connectivity index (χ1n) is 8.87. The van der Waals surface area contributed by atoms with Crippen molar-refractivity contribution >= 4 is 17.3 Å². The Morgan fingerprint density at radius 2 is 1.86 bits per heavy atom. The van der Waals surface area contributed by atoms with E-state index < -0.39 is 27.9 Å². The van der Waals surface area contributed by atoms with Crippen LogP contribution < -0.4 is 4.90 Å². The van der Waals surface area contributed by atoms with Crippen molar-refractivity contribution in [3.63, 3.8) is 0 Å². The van der Waals surface area contributed by atoms with E-state index in [1.807, 2.05) is 4.90 Å². The van der Waals surface area contributed by atoms with Gasteiger partial charge in [-0.1, -0.05) is 0 Å². The summed E-state index contributed by atoms with van der Waals surface area (Å²) in [7, 11) is 1.55. The van der Waals surface area contributed by atoms with Gasteiger partial charge in [0.1, 0.15) is 11.2 Å². The molecular formula is C18H22F3N5O3. The Bertz CT molecular complexity index is 827. The number of benzene rings is 1. The number of hydrogen-bond acceptors (Lipinski definition) is 6. The third-order valence-electron chi connectivity index (χ3n) is 5.06. The predicted molar refractivity (Wildman–Crippen MR) is 99.2 cm³/mol. The zero-order valence-corrected chi connectivity index (χ0v) is 16.4. The average molecular weight is 413 g/mol. The normalized spacial score (nSPS) is 15.7. The quantitative estimate of drug-likeness (QED) is 0.544. The lowest BCUT2D eigenvalue weighted by Crippen LogP contribution is -2.52. The zero-order chi connectivity index (χ0) is 22.0. The third kappa shape index (κ3) is 5.14.